The van der Waals surface area contributed by atoms with Gasteiger partial charge in [0.25, 0.3) is 0 Å². The van der Waals surface area contributed by atoms with E-state index in [1.807, 2.05) is 6.92 Å². The molecule has 0 bridgehead atoms. The maximum absolute atomic E-state index is 13.3. The topological polar surface area (TPSA) is 44.3 Å². The van der Waals surface area contributed by atoms with Crippen molar-refractivity contribution in [2.45, 2.75) is 33.0 Å². The Morgan fingerprint density at radius 1 is 1.03 bits per heavy atom. The van der Waals surface area contributed by atoms with Crippen molar-refractivity contribution in [3.63, 3.8) is 0 Å². The molecule has 0 aliphatic carbocycles. The maximum atomic E-state index is 13.3. The SMILES string of the molecule is Cc1c(CNc2nnc(C)c3ccc(N4CC5(CCN(C)C5)C4)cc23)cccc1C(F)(F)F. The van der Waals surface area contributed by atoms with Crippen LogP contribution >= 0.6 is 0 Å². The monoisotopic (exact) mass is 455 g/mol. The van der Waals surface area contributed by atoms with Crippen LogP contribution in [-0.2, 0) is 12.7 Å². The molecule has 3 heterocycles. The molecule has 8 heteroatoms. The molecule has 0 atom stereocenters. The van der Waals surface area contributed by atoms with E-state index in [0.29, 0.717) is 16.8 Å². The third-order valence-electron chi connectivity index (χ3n) is 7.19. The lowest BCUT2D eigenvalue weighted by atomic mass is 9.78. The fraction of sp³-hybridized carbons (Fsp3) is 0.440. The molecule has 33 heavy (non-hydrogen) atoms. The van der Waals surface area contributed by atoms with Gasteiger partial charge in [0, 0.05) is 48.1 Å². The second kappa shape index (κ2) is 7.87. The van der Waals surface area contributed by atoms with Crippen molar-refractivity contribution in [2.24, 2.45) is 5.41 Å². The van der Waals surface area contributed by atoms with Gasteiger partial charge in [-0.3, -0.25) is 0 Å². The zero-order valence-corrected chi connectivity index (χ0v) is 19.1. The molecule has 0 amide bonds. The lowest BCUT2D eigenvalue weighted by Gasteiger charge is -2.49. The summed E-state index contributed by atoms with van der Waals surface area (Å²) < 4.78 is 39.9. The van der Waals surface area contributed by atoms with Gasteiger partial charge in [0.05, 0.1) is 11.3 Å². The van der Waals surface area contributed by atoms with E-state index in [2.05, 4.69) is 50.6 Å². The molecule has 0 radical (unpaired) electrons. The number of benzene rings is 2. The second-order valence-corrected chi connectivity index (χ2v) is 9.65. The summed E-state index contributed by atoms with van der Waals surface area (Å²) in [6.07, 6.45) is -3.13. The number of nitrogens with zero attached hydrogens (tertiary/aromatic N) is 4. The molecule has 5 nitrogen and oxygen atoms in total. The number of aryl methyl sites for hydroxylation is 1. The number of aromatic nitrogens is 2. The average molecular weight is 456 g/mol. The number of anilines is 2. The first kappa shape index (κ1) is 21.9. The lowest BCUT2D eigenvalue weighted by Crippen LogP contribution is -2.57. The van der Waals surface area contributed by atoms with Gasteiger partial charge in [-0.15, -0.1) is 5.10 Å². The van der Waals surface area contributed by atoms with Gasteiger partial charge in [-0.25, -0.2) is 0 Å². The zero-order valence-electron chi connectivity index (χ0n) is 19.1. The van der Waals surface area contributed by atoms with Crippen LogP contribution in [0.3, 0.4) is 0 Å². The minimum atomic E-state index is -4.37. The van der Waals surface area contributed by atoms with Crippen molar-refractivity contribution in [1.29, 1.82) is 0 Å². The number of alkyl halides is 3. The molecule has 1 spiro atoms. The highest BCUT2D eigenvalue weighted by molar-refractivity contribution is 5.95. The van der Waals surface area contributed by atoms with Crippen LogP contribution in [0.25, 0.3) is 10.8 Å². The number of likely N-dealkylation sites (tertiary alicyclic amines) is 1. The Bertz CT molecular complexity index is 1200. The van der Waals surface area contributed by atoms with Crippen LogP contribution in [0.4, 0.5) is 24.7 Å². The van der Waals surface area contributed by atoms with Crippen LogP contribution in [0.1, 0.15) is 28.8 Å². The fourth-order valence-corrected chi connectivity index (χ4v) is 5.33. The summed E-state index contributed by atoms with van der Waals surface area (Å²) in [7, 11) is 2.18. The number of rotatable bonds is 4. The van der Waals surface area contributed by atoms with Gasteiger partial charge in [0.2, 0.25) is 0 Å². The highest BCUT2D eigenvalue weighted by Crippen LogP contribution is 2.42. The van der Waals surface area contributed by atoms with E-state index in [9.17, 15) is 13.2 Å². The van der Waals surface area contributed by atoms with E-state index in [1.165, 1.54) is 19.4 Å². The summed E-state index contributed by atoms with van der Waals surface area (Å²) in [4.78, 5) is 4.80. The molecule has 0 saturated carbocycles. The number of hydrogen-bond donors (Lipinski definition) is 1. The molecule has 0 unspecified atom stereocenters. The summed E-state index contributed by atoms with van der Waals surface area (Å²) >= 11 is 0. The summed E-state index contributed by atoms with van der Waals surface area (Å²) in [5.74, 6) is 0.588. The predicted molar refractivity (Wildman–Crippen MR) is 125 cm³/mol. The molecule has 1 N–H and O–H groups in total. The first-order valence-corrected chi connectivity index (χ1v) is 11.3. The number of halogens is 3. The Kier molecular flexibility index (Phi) is 5.23. The quantitative estimate of drug-likeness (QED) is 0.599. The number of fused-ring (bicyclic) bond motifs is 1. The molecule has 2 fully saturated rings. The summed E-state index contributed by atoms with van der Waals surface area (Å²) in [6.45, 7) is 8.07. The van der Waals surface area contributed by atoms with E-state index < -0.39 is 11.7 Å². The van der Waals surface area contributed by atoms with Crippen molar-refractivity contribution >= 4 is 22.3 Å². The van der Waals surface area contributed by atoms with Gasteiger partial charge in [0.15, 0.2) is 5.82 Å². The summed E-state index contributed by atoms with van der Waals surface area (Å²) in [5.41, 5.74) is 2.59. The van der Waals surface area contributed by atoms with Crippen molar-refractivity contribution < 1.29 is 13.2 Å². The van der Waals surface area contributed by atoms with E-state index in [1.54, 1.807) is 6.07 Å². The van der Waals surface area contributed by atoms with E-state index in [0.717, 1.165) is 54.4 Å². The molecular formula is C25H28F3N5. The van der Waals surface area contributed by atoms with E-state index in [4.69, 9.17) is 0 Å². The van der Waals surface area contributed by atoms with Gasteiger partial charge < -0.3 is 15.1 Å². The number of hydrogen-bond acceptors (Lipinski definition) is 5. The summed E-state index contributed by atoms with van der Waals surface area (Å²) in [6, 6.07) is 10.6. The standard InChI is InChI=1S/C25H28F3N5/c1-16-18(5-4-6-22(16)25(26,27)28)12-29-23-21-11-19(7-8-20(21)17(2)30-31-23)33-14-24(15-33)9-10-32(3)13-24/h4-8,11H,9-10,12-15H2,1-3H3,(H,29,31). The van der Waals surface area contributed by atoms with Crippen LogP contribution in [0.2, 0.25) is 0 Å². The third-order valence-corrected chi connectivity index (χ3v) is 7.19. The van der Waals surface area contributed by atoms with Crippen molar-refractivity contribution in [2.75, 3.05) is 43.4 Å². The summed E-state index contributed by atoms with van der Waals surface area (Å²) in [5, 5.41) is 13.8. The number of nitrogens with one attached hydrogen (secondary N) is 1. The largest absolute Gasteiger partial charge is 0.416 e. The van der Waals surface area contributed by atoms with Crippen LogP contribution in [-0.4, -0.2) is 48.3 Å². The van der Waals surface area contributed by atoms with Crippen LogP contribution in [0, 0.1) is 19.3 Å². The predicted octanol–water partition coefficient (Wildman–Crippen LogP) is 5.02. The molecule has 3 aromatic rings. The highest BCUT2D eigenvalue weighted by Gasteiger charge is 2.46. The Hall–Kier alpha value is -2.87. The molecular weight excluding hydrogens is 427 g/mol. The van der Waals surface area contributed by atoms with Crippen molar-refractivity contribution in [3.8, 4) is 0 Å². The van der Waals surface area contributed by atoms with Crippen LogP contribution in [0.15, 0.2) is 36.4 Å². The van der Waals surface area contributed by atoms with Crippen molar-refractivity contribution in [3.05, 3.63) is 58.8 Å². The molecule has 2 aromatic carbocycles. The molecule has 2 aliphatic heterocycles. The highest BCUT2D eigenvalue weighted by atomic mass is 19.4. The van der Waals surface area contributed by atoms with Crippen LogP contribution in [0.5, 0.6) is 0 Å². The zero-order chi connectivity index (χ0) is 23.4. The Balaban J connectivity index is 1.40. The molecule has 1 aromatic heterocycles. The van der Waals surface area contributed by atoms with Gasteiger partial charge in [-0.05, 0) is 63.2 Å². The Labute approximate surface area is 191 Å². The maximum Gasteiger partial charge on any atom is 0.416 e. The second-order valence-electron chi connectivity index (χ2n) is 9.65. The fourth-order valence-electron chi connectivity index (χ4n) is 5.33. The first-order chi connectivity index (χ1) is 15.7. The lowest BCUT2D eigenvalue weighted by molar-refractivity contribution is -0.138. The van der Waals surface area contributed by atoms with Gasteiger partial charge in [-0.2, -0.15) is 18.3 Å². The molecule has 2 aliphatic rings. The molecule has 174 valence electrons. The van der Waals surface area contributed by atoms with E-state index in [-0.39, 0.29) is 12.1 Å². The van der Waals surface area contributed by atoms with Gasteiger partial charge in [-0.1, -0.05) is 18.2 Å². The molecule has 2 saturated heterocycles. The smallest absolute Gasteiger partial charge is 0.370 e. The van der Waals surface area contributed by atoms with Gasteiger partial charge >= 0.3 is 6.18 Å². The van der Waals surface area contributed by atoms with E-state index >= 15 is 0 Å². The normalized spacial score (nSPS) is 18.2. The minimum Gasteiger partial charge on any atom is -0.370 e. The minimum absolute atomic E-state index is 0.231. The van der Waals surface area contributed by atoms with Crippen molar-refractivity contribution in [1.82, 2.24) is 15.1 Å². The third kappa shape index (κ3) is 4.01. The Morgan fingerprint density at radius 2 is 1.82 bits per heavy atom. The van der Waals surface area contributed by atoms with Gasteiger partial charge in [0.1, 0.15) is 0 Å². The average Bonchev–Trinajstić information content (AvgIpc) is 3.14. The Morgan fingerprint density at radius 3 is 2.52 bits per heavy atom. The molecule has 5 rings (SSSR count). The van der Waals surface area contributed by atoms with Crippen LogP contribution < -0.4 is 10.2 Å². The first-order valence-electron chi connectivity index (χ1n) is 11.3.